The Bertz CT molecular complexity index is 511. The van der Waals surface area contributed by atoms with Crippen molar-refractivity contribution < 1.29 is 23.7 Å². The van der Waals surface area contributed by atoms with Gasteiger partial charge >= 0.3 is 0 Å². The molecule has 6 heteroatoms. The molecule has 1 amide bonds. The van der Waals surface area contributed by atoms with Gasteiger partial charge < -0.3 is 24.3 Å². The van der Waals surface area contributed by atoms with E-state index in [9.17, 15) is 4.79 Å². The number of amides is 1. The second-order valence-electron chi connectivity index (χ2n) is 5.30. The van der Waals surface area contributed by atoms with Crippen molar-refractivity contribution in [3.63, 3.8) is 0 Å². The van der Waals surface area contributed by atoms with E-state index >= 15 is 0 Å². The average molecular weight is 309 g/mol. The van der Waals surface area contributed by atoms with Crippen molar-refractivity contribution in [2.45, 2.75) is 25.6 Å². The largest absolute Gasteiger partial charge is 0.493 e. The van der Waals surface area contributed by atoms with E-state index in [0.717, 1.165) is 5.56 Å². The van der Waals surface area contributed by atoms with Crippen LogP contribution < -0.4 is 14.8 Å². The number of nitrogens with one attached hydrogen (secondary N) is 1. The number of carbonyl (C=O) groups is 1. The zero-order valence-corrected chi connectivity index (χ0v) is 13.3. The Hall–Kier alpha value is -1.79. The number of hydrogen-bond donors (Lipinski definition) is 1. The number of hydrogen-bond acceptors (Lipinski definition) is 5. The highest BCUT2D eigenvalue weighted by Crippen LogP contribution is 2.27. The monoisotopic (exact) mass is 309 g/mol. The highest BCUT2D eigenvalue weighted by molar-refractivity contribution is 5.78. The quantitative estimate of drug-likeness (QED) is 0.827. The lowest BCUT2D eigenvalue weighted by Crippen LogP contribution is -2.34. The van der Waals surface area contributed by atoms with Gasteiger partial charge in [0.1, 0.15) is 0 Å². The maximum Gasteiger partial charge on any atom is 0.224 e. The second-order valence-corrected chi connectivity index (χ2v) is 5.30. The fourth-order valence-electron chi connectivity index (χ4n) is 2.37. The Labute approximate surface area is 130 Å². The molecule has 6 nitrogen and oxygen atoms in total. The maximum absolute atomic E-state index is 12.0. The lowest BCUT2D eigenvalue weighted by Gasteiger charge is -2.22. The second kappa shape index (κ2) is 7.47. The number of benzene rings is 1. The van der Waals surface area contributed by atoms with Gasteiger partial charge in [-0.3, -0.25) is 4.79 Å². The summed E-state index contributed by atoms with van der Waals surface area (Å²) in [6.45, 7) is 3.62. The third-order valence-electron chi connectivity index (χ3n) is 3.61. The summed E-state index contributed by atoms with van der Waals surface area (Å²) in [7, 11) is 3.15. The lowest BCUT2D eigenvalue weighted by atomic mass is 10.1. The third kappa shape index (κ3) is 4.35. The molecule has 1 aliphatic rings. The van der Waals surface area contributed by atoms with Gasteiger partial charge in [-0.25, -0.2) is 0 Å². The summed E-state index contributed by atoms with van der Waals surface area (Å²) in [5.74, 6) is 0.647. The van der Waals surface area contributed by atoms with Crippen molar-refractivity contribution in [2.75, 3.05) is 34.0 Å². The van der Waals surface area contributed by atoms with Crippen molar-refractivity contribution in [3.8, 4) is 11.5 Å². The Kier molecular flexibility index (Phi) is 5.63. The number of ether oxygens (including phenoxy) is 4. The molecule has 1 saturated heterocycles. The van der Waals surface area contributed by atoms with E-state index in [4.69, 9.17) is 18.9 Å². The first-order valence-corrected chi connectivity index (χ1v) is 7.32. The molecule has 0 saturated carbocycles. The molecular formula is C16H23NO5. The molecule has 0 unspecified atom stereocenters. The average Bonchev–Trinajstić information content (AvgIpc) is 2.93. The summed E-state index contributed by atoms with van der Waals surface area (Å²) >= 11 is 0. The van der Waals surface area contributed by atoms with Crippen LogP contribution in [0.3, 0.4) is 0 Å². The predicted octanol–water partition coefficient (Wildman–Crippen LogP) is 1.52. The van der Waals surface area contributed by atoms with Gasteiger partial charge in [0.25, 0.3) is 0 Å². The van der Waals surface area contributed by atoms with Gasteiger partial charge in [-0.1, -0.05) is 6.07 Å². The molecule has 0 aliphatic carbocycles. The van der Waals surface area contributed by atoms with Crippen LogP contribution in [0.1, 0.15) is 18.9 Å². The molecule has 0 radical (unpaired) electrons. The van der Waals surface area contributed by atoms with Crippen molar-refractivity contribution in [1.82, 2.24) is 5.32 Å². The van der Waals surface area contributed by atoms with E-state index in [1.54, 1.807) is 20.3 Å². The third-order valence-corrected chi connectivity index (χ3v) is 3.61. The Morgan fingerprint density at radius 2 is 1.91 bits per heavy atom. The van der Waals surface area contributed by atoms with Crippen molar-refractivity contribution in [2.24, 2.45) is 0 Å². The fraction of sp³-hybridized carbons (Fsp3) is 0.562. The summed E-state index contributed by atoms with van der Waals surface area (Å²) in [5.41, 5.74) is 0.870. The van der Waals surface area contributed by atoms with Crippen molar-refractivity contribution >= 4 is 5.91 Å². The number of rotatable bonds is 7. The minimum atomic E-state index is -0.573. The van der Waals surface area contributed by atoms with E-state index in [1.165, 1.54) is 0 Å². The van der Waals surface area contributed by atoms with Gasteiger partial charge in [-0.2, -0.15) is 0 Å². The van der Waals surface area contributed by atoms with Gasteiger partial charge in [-0.05, 0) is 24.6 Å². The number of carbonyl (C=O) groups excluding carboxylic acids is 1. The molecule has 1 aromatic carbocycles. The van der Waals surface area contributed by atoms with Gasteiger partial charge in [0.2, 0.25) is 5.91 Å². The van der Waals surface area contributed by atoms with Gasteiger partial charge in [0, 0.05) is 13.0 Å². The van der Waals surface area contributed by atoms with Crippen LogP contribution in [0.2, 0.25) is 0 Å². The fourth-order valence-corrected chi connectivity index (χ4v) is 2.37. The normalized spacial score (nSPS) is 16.3. The summed E-state index contributed by atoms with van der Waals surface area (Å²) in [6.07, 6.45) is 0.920. The number of methoxy groups -OCH3 is 2. The van der Waals surface area contributed by atoms with Crippen LogP contribution in [0.25, 0.3) is 0 Å². The summed E-state index contributed by atoms with van der Waals surface area (Å²) in [5, 5.41) is 2.88. The summed E-state index contributed by atoms with van der Waals surface area (Å²) in [4.78, 5) is 12.0. The van der Waals surface area contributed by atoms with Gasteiger partial charge in [0.05, 0.1) is 33.9 Å². The summed E-state index contributed by atoms with van der Waals surface area (Å²) < 4.78 is 21.4. The molecule has 1 heterocycles. The van der Waals surface area contributed by atoms with Crippen LogP contribution in [-0.4, -0.2) is 45.7 Å². The van der Waals surface area contributed by atoms with Crippen molar-refractivity contribution in [3.05, 3.63) is 23.8 Å². The Morgan fingerprint density at radius 1 is 1.23 bits per heavy atom. The molecule has 0 atom stereocenters. The lowest BCUT2D eigenvalue weighted by molar-refractivity contribution is -0.146. The minimum Gasteiger partial charge on any atom is -0.493 e. The van der Waals surface area contributed by atoms with Crippen LogP contribution in [-0.2, 0) is 20.7 Å². The summed E-state index contributed by atoms with van der Waals surface area (Å²) in [6, 6.07) is 5.46. The van der Waals surface area contributed by atoms with Crippen LogP contribution >= 0.6 is 0 Å². The first-order chi connectivity index (χ1) is 10.6. The molecule has 1 aliphatic heterocycles. The highest BCUT2D eigenvalue weighted by atomic mass is 16.7. The smallest absolute Gasteiger partial charge is 0.224 e. The molecule has 0 spiro atoms. The molecule has 1 fully saturated rings. The molecule has 0 aromatic heterocycles. The van der Waals surface area contributed by atoms with Crippen LogP contribution in [0, 0.1) is 0 Å². The van der Waals surface area contributed by atoms with E-state index in [1.807, 2.05) is 19.1 Å². The van der Waals surface area contributed by atoms with Crippen LogP contribution in [0.4, 0.5) is 0 Å². The SMILES string of the molecule is COc1ccc(CC(=O)NCCC2(C)OCCO2)cc1OC. The van der Waals surface area contributed by atoms with Crippen molar-refractivity contribution in [1.29, 1.82) is 0 Å². The molecule has 0 bridgehead atoms. The molecule has 1 aromatic rings. The molecule has 1 N–H and O–H groups in total. The molecule has 122 valence electrons. The van der Waals surface area contributed by atoms with Gasteiger partial charge in [-0.15, -0.1) is 0 Å². The maximum atomic E-state index is 12.0. The molecular weight excluding hydrogens is 286 g/mol. The minimum absolute atomic E-state index is 0.0474. The first kappa shape index (κ1) is 16.6. The predicted molar refractivity (Wildman–Crippen MR) is 81.2 cm³/mol. The zero-order valence-electron chi connectivity index (χ0n) is 13.3. The van der Waals surface area contributed by atoms with Gasteiger partial charge in [0.15, 0.2) is 17.3 Å². The van der Waals surface area contributed by atoms with E-state index in [-0.39, 0.29) is 5.91 Å². The van der Waals surface area contributed by atoms with Crippen LogP contribution in [0.15, 0.2) is 18.2 Å². The van der Waals surface area contributed by atoms with Crippen LogP contribution in [0.5, 0.6) is 11.5 Å². The first-order valence-electron chi connectivity index (χ1n) is 7.32. The van der Waals surface area contributed by atoms with E-state index in [2.05, 4.69) is 5.32 Å². The Morgan fingerprint density at radius 3 is 2.55 bits per heavy atom. The molecule has 22 heavy (non-hydrogen) atoms. The highest BCUT2D eigenvalue weighted by Gasteiger charge is 2.30. The molecule has 2 rings (SSSR count). The standard InChI is InChI=1S/C16H23NO5/c1-16(21-8-9-22-16)6-7-17-15(18)11-12-4-5-13(19-2)14(10-12)20-3/h4-5,10H,6-9,11H2,1-3H3,(H,17,18). The van der Waals surface area contributed by atoms with E-state index < -0.39 is 5.79 Å². The van der Waals surface area contributed by atoms with E-state index in [0.29, 0.717) is 44.1 Å². The Balaban J connectivity index is 1.81. The zero-order chi connectivity index (χ0) is 16.0. The topological polar surface area (TPSA) is 66.0 Å².